The van der Waals surface area contributed by atoms with Crippen LogP contribution in [0.1, 0.15) is 34.4 Å². The number of methoxy groups -OCH3 is 1. The van der Waals surface area contributed by atoms with Gasteiger partial charge in [-0.15, -0.1) is 11.3 Å². The third kappa shape index (κ3) is 3.23. The maximum Gasteiger partial charge on any atom is 0.263 e. The second-order valence-corrected chi connectivity index (χ2v) is 8.96. The molecular formula is C25H24N2O2S. The molecule has 0 saturated heterocycles. The first-order chi connectivity index (χ1) is 14.7. The van der Waals surface area contributed by atoms with Crippen LogP contribution in [0.5, 0.6) is 5.75 Å². The van der Waals surface area contributed by atoms with Crippen molar-refractivity contribution >= 4 is 21.6 Å². The van der Waals surface area contributed by atoms with Gasteiger partial charge < -0.3 is 4.74 Å². The van der Waals surface area contributed by atoms with Gasteiger partial charge in [-0.05, 0) is 61.4 Å². The molecule has 4 aromatic rings. The van der Waals surface area contributed by atoms with Gasteiger partial charge in [0.25, 0.3) is 5.56 Å². The Morgan fingerprint density at radius 1 is 1.10 bits per heavy atom. The molecule has 0 spiro atoms. The zero-order valence-corrected chi connectivity index (χ0v) is 18.1. The van der Waals surface area contributed by atoms with Crippen molar-refractivity contribution in [2.24, 2.45) is 0 Å². The van der Waals surface area contributed by atoms with Crippen LogP contribution in [0.3, 0.4) is 0 Å². The summed E-state index contributed by atoms with van der Waals surface area (Å²) in [6, 6.07) is 16.0. The largest absolute Gasteiger partial charge is 0.497 e. The van der Waals surface area contributed by atoms with Crippen LogP contribution in [0.25, 0.3) is 21.6 Å². The van der Waals surface area contributed by atoms with Crippen LogP contribution in [0.4, 0.5) is 0 Å². The SMILES string of the molecule is COc1cccc(-c2nc3sc4c(c3c(=O)n2Cc2ccccc2C)CCCC4)c1. The predicted octanol–water partition coefficient (Wildman–Crippen LogP) is 5.37. The number of ether oxygens (including phenoxy) is 1. The lowest BCUT2D eigenvalue weighted by atomic mass is 9.97. The van der Waals surface area contributed by atoms with E-state index < -0.39 is 0 Å². The summed E-state index contributed by atoms with van der Waals surface area (Å²) in [6.07, 6.45) is 4.38. The van der Waals surface area contributed by atoms with Gasteiger partial charge in [-0.25, -0.2) is 4.98 Å². The van der Waals surface area contributed by atoms with Crippen LogP contribution in [-0.2, 0) is 19.4 Å². The molecule has 152 valence electrons. The van der Waals surface area contributed by atoms with E-state index in [0.717, 1.165) is 46.4 Å². The Hall–Kier alpha value is -2.92. The lowest BCUT2D eigenvalue weighted by Gasteiger charge is -2.15. The van der Waals surface area contributed by atoms with Gasteiger partial charge in [0, 0.05) is 10.4 Å². The number of thiophene rings is 1. The Labute approximate surface area is 179 Å². The highest BCUT2D eigenvalue weighted by molar-refractivity contribution is 7.18. The number of rotatable bonds is 4. The van der Waals surface area contributed by atoms with Gasteiger partial charge in [-0.1, -0.05) is 36.4 Å². The first-order valence-electron chi connectivity index (χ1n) is 10.4. The van der Waals surface area contributed by atoms with E-state index in [2.05, 4.69) is 19.1 Å². The standard InChI is InChI=1S/C25H24N2O2S/c1-16-8-3-4-9-18(16)15-27-23(17-10-7-11-19(14-17)29-2)26-24-22(25(27)28)20-12-5-6-13-21(20)30-24/h3-4,7-11,14H,5-6,12-13,15H2,1-2H3. The molecular weight excluding hydrogens is 392 g/mol. The van der Waals surface area contributed by atoms with Crippen LogP contribution < -0.4 is 10.3 Å². The van der Waals surface area contributed by atoms with Crippen LogP contribution in [0.2, 0.25) is 0 Å². The number of hydrogen-bond donors (Lipinski definition) is 0. The maximum absolute atomic E-state index is 13.8. The number of benzene rings is 2. The highest BCUT2D eigenvalue weighted by atomic mass is 32.1. The van der Waals surface area contributed by atoms with Crippen LogP contribution in [-0.4, -0.2) is 16.7 Å². The van der Waals surface area contributed by atoms with E-state index in [4.69, 9.17) is 9.72 Å². The van der Waals surface area contributed by atoms with Crippen molar-refractivity contribution < 1.29 is 4.74 Å². The lowest BCUT2D eigenvalue weighted by Crippen LogP contribution is -2.24. The van der Waals surface area contributed by atoms with E-state index in [9.17, 15) is 4.79 Å². The van der Waals surface area contributed by atoms with Gasteiger partial charge in [0.05, 0.1) is 19.0 Å². The Morgan fingerprint density at radius 3 is 2.77 bits per heavy atom. The first-order valence-corrected chi connectivity index (χ1v) is 11.2. The first kappa shape index (κ1) is 19.1. The number of aryl methyl sites for hydroxylation is 3. The van der Waals surface area contributed by atoms with Crippen molar-refractivity contribution in [3.8, 4) is 17.1 Å². The Bertz CT molecular complexity index is 1300. The Kier molecular flexibility index (Phi) is 4.91. The fourth-order valence-corrected chi connectivity index (χ4v) is 5.58. The Balaban J connectivity index is 1.78. The molecule has 0 fully saturated rings. The molecule has 0 aliphatic heterocycles. The van der Waals surface area contributed by atoms with Crippen LogP contribution >= 0.6 is 11.3 Å². The van der Waals surface area contributed by atoms with E-state index in [1.54, 1.807) is 18.4 Å². The summed E-state index contributed by atoms with van der Waals surface area (Å²) >= 11 is 1.70. The average Bonchev–Trinajstić information content (AvgIpc) is 3.15. The fourth-order valence-electron chi connectivity index (χ4n) is 4.33. The number of hydrogen-bond acceptors (Lipinski definition) is 4. The summed E-state index contributed by atoms with van der Waals surface area (Å²) in [5, 5.41) is 0.829. The Morgan fingerprint density at radius 2 is 1.93 bits per heavy atom. The zero-order chi connectivity index (χ0) is 20.7. The molecule has 0 atom stereocenters. The van der Waals surface area contributed by atoms with Gasteiger partial charge in [0.15, 0.2) is 0 Å². The summed E-state index contributed by atoms with van der Waals surface area (Å²) in [7, 11) is 1.66. The molecule has 30 heavy (non-hydrogen) atoms. The normalized spacial score (nSPS) is 13.4. The summed E-state index contributed by atoms with van der Waals surface area (Å²) in [4.78, 5) is 21.1. The zero-order valence-electron chi connectivity index (χ0n) is 17.3. The highest BCUT2D eigenvalue weighted by Crippen LogP contribution is 2.35. The van der Waals surface area contributed by atoms with E-state index >= 15 is 0 Å². The number of fused-ring (bicyclic) bond motifs is 3. The molecule has 0 N–H and O–H groups in total. The molecule has 2 aromatic heterocycles. The van der Waals surface area contributed by atoms with Crippen LogP contribution in [0.15, 0.2) is 53.3 Å². The van der Waals surface area contributed by atoms with Gasteiger partial charge in [-0.2, -0.15) is 0 Å². The summed E-state index contributed by atoms with van der Waals surface area (Å²) in [5.41, 5.74) is 4.51. The molecule has 0 unspecified atom stereocenters. The quantitative estimate of drug-likeness (QED) is 0.449. The third-order valence-electron chi connectivity index (χ3n) is 5.99. The summed E-state index contributed by atoms with van der Waals surface area (Å²) in [5.74, 6) is 1.46. The van der Waals surface area contributed by atoms with E-state index in [1.165, 1.54) is 22.4 Å². The molecule has 5 rings (SSSR count). The van der Waals surface area contributed by atoms with Gasteiger partial charge in [0.1, 0.15) is 16.4 Å². The van der Waals surface area contributed by atoms with Crippen molar-refractivity contribution in [3.05, 3.63) is 80.5 Å². The average molecular weight is 417 g/mol. The topological polar surface area (TPSA) is 44.1 Å². The van der Waals surface area contributed by atoms with Gasteiger partial charge in [0.2, 0.25) is 0 Å². The molecule has 0 bridgehead atoms. The molecule has 4 nitrogen and oxygen atoms in total. The van der Waals surface area contributed by atoms with Crippen molar-refractivity contribution in [1.82, 2.24) is 9.55 Å². The molecule has 1 aliphatic rings. The fraction of sp³-hybridized carbons (Fsp3) is 0.280. The molecule has 2 heterocycles. The molecule has 0 radical (unpaired) electrons. The predicted molar refractivity (Wildman–Crippen MR) is 123 cm³/mol. The second-order valence-electron chi connectivity index (χ2n) is 7.88. The molecule has 0 amide bonds. The monoisotopic (exact) mass is 416 g/mol. The van der Waals surface area contributed by atoms with E-state index in [-0.39, 0.29) is 5.56 Å². The minimum atomic E-state index is 0.0699. The maximum atomic E-state index is 13.8. The lowest BCUT2D eigenvalue weighted by molar-refractivity contribution is 0.415. The van der Waals surface area contributed by atoms with E-state index in [1.807, 2.05) is 41.0 Å². The van der Waals surface area contributed by atoms with Crippen molar-refractivity contribution in [1.29, 1.82) is 0 Å². The minimum absolute atomic E-state index is 0.0699. The second kappa shape index (κ2) is 7.73. The smallest absolute Gasteiger partial charge is 0.263 e. The molecule has 0 saturated carbocycles. The number of aromatic nitrogens is 2. The molecule has 5 heteroatoms. The van der Waals surface area contributed by atoms with Crippen molar-refractivity contribution in [3.63, 3.8) is 0 Å². The molecule has 2 aromatic carbocycles. The minimum Gasteiger partial charge on any atom is -0.497 e. The van der Waals surface area contributed by atoms with Crippen LogP contribution in [0, 0.1) is 6.92 Å². The summed E-state index contributed by atoms with van der Waals surface area (Å²) in [6.45, 7) is 2.59. The van der Waals surface area contributed by atoms with Crippen molar-refractivity contribution in [2.45, 2.75) is 39.2 Å². The summed E-state index contributed by atoms with van der Waals surface area (Å²) < 4.78 is 7.27. The highest BCUT2D eigenvalue weighted by Gasteiger charge is 2.23. The molecule has 1 aliphatic carbocycles. The van der Waals surface area contributed by atoms with Gasteiger partial charge >= 0.3 is 0 Å². The van der Waals surface area contributed by atoms with E-state index in [0.29, 0.717) is 12.4 Å². The van der Waals surface area contributed by atoms with Gasteiger partial charge in [-0.3, -0.25) is 9.36 Å². The van der Waals surface area contributed by atoms with Crippen molar-refractivity contribution in [2.75, 3.05) is 7.11 Å². The number of nitrogens with zero attached hydrogens (tertiary/aromatic N) is 2. The third-order valence-corrected chi connectivity index (χ3v) is 7.18.